The zero-order valence-corrected chi connectivity index (χ0v) is 14.1. The lowest BCUT2D eigenvalue weighted by Gasteiger charge is -2.23. The molecule has 2 atom stereocenters. The van der Waals surface area contributed by atoms with Crippen LogP contribution in [0.25, 0.3) is 11.0 Å². The highest BCUT2D eigenvalue weighted by atomic mass is 32.1. The van der Waals surface area contributed by atoms with Crippen molar-refractivity contribution in [3.63, 3.8) is 0 Å². The van der Waals surface area contributed by atoms with Gasteiger partial charge in [-0.1, -0.05) is 0 Å². The van der Waals surface area contributed by atoms with Crippen LogP contribution >= 0.6 is 11.3 Å². The molecular formula is C15H18FN7S. The number of hydrogen-bond acceptors (Lipinski definition) is 7. The van der Waals surface area contributed by atoms with E-state index in [1.165, 1.54) is 6.33 Å². The van der Waals surface area contributed by atoms with Gasteiger partial charge in [0.05, 0.1) is 22.3 Å². The van der Waals surface area contributed by atoms with Crippen molar-refractivity contribution < 1.29 is 4.39 Å². The minimum absolute atomic E-state index is 0.110. The third kappa shape index (κ3) is 3.09. The topological polar surface area (TPSA) is 82.6 Å². The number of rotatable bonds is 5. The number of thiazole rings is 1. The van der Waals surface area contributed by atoms with E-state index in [1.807, 2.05) is 12.3 Å². The van der Waals surface area contributed by atoms with E-state index >= 15 is 0 Å². The molecule has 3 aromatic rings. The van der Waals surface area contributed by atoms with Crippen LogP contribution in [0.5, 0.6) is 0 Å². The minimum atomic E-state index is -0.795. The molecule has 4 rings (SSSR count). The summed E-state index contributed by atoms with van der Waals surface area (Å²) < 4.78 is 13.9. The Hall–Kier alpha value is -2.13. The van der Waals surface area contributed by atoms with Gasteiger partial charge >= 0.3 is 0 Å². The first kappa shape index (κ1) is 15.4. The molecule has 0 spiro atoms. The summed E-state index contributed by atoms with van der Waals surface area (Å²) in [6.45, 7) is 3.75. The van der Waals surface area contributed by atoms with Crippen molar-refractivity contribution in [3.8, 4) is 0 Å². The van der Waals surface area contributed by atoms with Gasteiger partial charge in [-0.25, -0.2) is 19.3 Å². The molecule has 3 aromatic heterocycles. The lowest BCUT2D eigenvalue weighted by molar-refractivity contribution is 0.239. The maximum absolute atomic E-state index is 13.9. The molecule has 0 amide bonds. The lowest BCUT2D eigenvalue weighted by Crippen LogP contribution is -2.34. The number of nitrogens with zero attached hydrogens (tertiary/aromatic N) is 5. The summed E-state index contributed by atoms with van der Waals surface area (Å²) in [4.78, 5) is 15.0. The summed E-state index contributed by atoms with van der Waals surface area (Å²) in [5.74, 6) is 0.723. The van der Waals surface area contributed by atoms with Gasteiger partial charge in [0.1, 0.15) is 18.3 Å². The smallest absolute Gasteiger partial charge is 0.160 e. The van der Waals surface area contributed by atoms with E-state index in [0.29, 0.717) is 31.7 Å². The van der Waals surface area contributed by atoms with E-state index in [1.54, 1.807) is 17.5 Å². The number of nitrogens with one attached hydrogen (secondary N) is 2. The van der Waals surface area contributed by atoms with E-state index in [2.05, 4.69) is 35.4 Å². The number of aromatic nitrogens is 5. The zero-order valence-electron chi connectivity index (χ0n) is 13.2. The van der Waals surface area contributed by atoms with Gasteiger partial charge < -0.3 is 5.32 Å². The number of H-pyrrole nitrogens is 1. The van der Waals surface area contributed by atoms with E-state index in [-0.39, 0.29) is 6.04 Å². The average molecular weight is 347 g/mol. The predicted octanol–water partition coefficient (Wildman–Crippen LogP) is 2.14. The molecular weight excluding hydrogens is 329 g/mol. The zero-order chi connectivity index (χ0) is 16.5. The van der Waals surface area contributed by atoms with Crippen LogP contribution in [0.4, 0.5) is 10.2 Å². The van der Waals surface area contributed by atoms with Crippen molar-refractivity contribution in [2.75, 3.05) is 18.4 Å². The molecule has 1 aliphatic rings. The summed E-state index contributed by atoms with van der Waals surface area (Å²) in [6.07, 6.45) is 2.91. The fourth-order valence-corrected chi connectivity index (χ4v) is 3.74. The number of hydrogen-bond donors (Lipinski definition) is 2. The van der Waals surface area contributed by atoms with Gasteiger partial charge in [0.15, 0.2) is 5.65 Å². The van der Waals surface area contributed by atoms with Crippen molar-refractivity contribution in [2.24, 2.45) is 0 Å². The monoisotopic (exact) mass is 347 g/mol. The van der Waals surface area contributed by atoms with Crippen LogP contribution in [-0.2, 0) is 6.54 Å². The second-order valence-corrected chi connectivity index (χ2v) is 7.07. The highest BCUT2D eigenvalue weighted by molar-refractivity contribution is 7.09. The Morgan fingerprint density at radius 2 is 2.38 bits per heavy atom. The number of anilines is 1. The number of aryl methyl sites for hydroxylation is 1. The molecule has 1 fully saturated rings. The van der Waals surface area contributed by atoms with Crippen LogP contribution < -0.4 is 5.32 Å². The van der Waals surface area contributed by atoms with E-state index < -0.39 is 6.17 Å². The van der Waals surface area contributed by atoms with Gasteiger partial charge in [-0.2, -0.15) is 5.10 Å². The fraction of sp³-hybridized carbons (Fsp3) is 0.467. The normalized spacial score (nSPS) is 21.6. The van der Waals surface area contributed by atoms with Gasteiger partial charge in [0.2, 0.25) is 0 Å². The van der Waals surface area contributed by atoms with E-state index in [9.17, 15) is 4.39 Å². The molecule has 0 saturated carbocycles. The first-order valence-corrected chi connectivity index (χ1v) is 8.74. The van der Waals surface area contributed by atoms with Crippen molar-refractivity contribution in [2.45, 2.75) is 32.1 Å². The molecule has 0 bridgehead atoms. The van der Waals surface area contributed by atoms with Crippen LogP contribution in [0.3, 0.4) is 0 Å². The molecule has 0 unspecified atom stereocenters. The predicted molar refractivity (Wildman–Crippen MR) is 90.7 cm³/mol. The Morgan fingerprint density at radius 3 is 3.21 bits per heavy atom. The number of halogens is 1. The van der Waals surface area contributed by atoms with Crippen LogP contribution in [-0.4, -0.2) is 55.4 Å². The van der Waals surface area contributed by atoms with Gasteiger partial charge in [-0.3, -0.25) is 10.00 Å². The summed E-state index contributed by atoms with van der Waals surface area (Å²) in [7, 11) is 0. The number of alkyl halides is 1. The summed E-state index contributed by atoms with van der Waals surface area (Å²) in [5.41, 5.74) is 1.70. The van der Waals surface area contributed by atoms with Gasteiger partial charge in [-0.15, -0.1) is 11.3 Å². The maximum atomic E-state index is 13.9. The van der Waals surface area contributed by atoms with Crippen molar-refractivity contribution in [1.29, 1.82) is 0 Å². The van der Waals surface area contributed by atoms with Crippen molar-refractivity contribution >= 4 is 28.2 Å². The number of aromatic amines is 1. The van der Waals surface area contributed by atoms with Crippen LogP contribution in [0, 0.1) is 6.92 Å². The Bertz CT molecular complexity index is 832. The lowest BCUT2D eigenvalue weighted by atomic mass is 10.2. The third-order valence-corrected chi connectivity index (χ3v) is 5.08. The van der Waals surface area contributed by atoms with Gasteiger partial charge in [0, 0.05) is 31.1 Å². The molecule has 9 heteroatoms. The first-order valence-electron chi connectivity index (χ1n) is 7.86. The number of likely N-dealkylation sites (tertiary alicyclic amines) is 1. The highest BCUT2D eigenvalue weighted by Gasteiger charge is 2.32. The molecule has 126 valence electrons. The molecule has 0 radical (unpaired) electrons. The summed E-state index contributed by atoms with van der Waals surface area (Å²) in [6, 6.07) is 0.110. The standard InChI is InChI=1S/C15H18FN7S/c1-9-21-11(7-24-9)6-23-5-10(16)2-12(23)3-17-14-13-4-20-22-15(13)19-8-18-14/h4,7-8,10,12H,2-3,5-6H2,1H3,(H2,17,18,19,20,22)/t10-,12-/m0/s1. The largest absolute Gasteiger partial charge is 0.368 e. The molecule has 0 aliphatic carbocycles. The minimum Gasteiger partial charge on any atom is -0.368 e. The average Bonchev–Trinajstić information content (AvgIpc) is 3.26. The van der Waals surface area contributed by atoms with E-state index in [4.69, 9.17) is 0 Å². The van der Waals surface area contributed by atoms with Crippen LogP contribution in [0.15, 0.2) is 17.9 Å². The SMILES string of the molecule is Cc1nc(CN2C[C@@H](F)C[C@H]2CNc2ncnc3[nH]ncc23)cs1. The summed E-state index contributed by atoms with van der Waals surface area (Å²) in [5, 5.41) is 14.1. The third-order valence-electron chi connectivity index (χ3n) is 4.26. The molecule has 24 heavy (non-hydrogen) atoms. The molecule has 7 nitrogen and oxygen atoms in total. The Kier molecular flexibility index (Phi) is 4.11. The van der Waals surface area contributed by atoms with Crippen LogP contribution in [0.1, 0.15) is 17.1 Å². The second kappa shape index (κ2) is 6.40. The van der Waals surface area contributed by atoms with Crippen molar-refractivity contribution in [1.82, 2.24) is 30.0 Å². The van der Waals surface area contributed by atoms with Crippen molar-refractivity contribution in [3.05, 3.63) is 28.6 Å². The number of fused-ring (bicyclic) bond motifs is 1. The molecule has 0 aromatic carbocycles. The van der Waals surface area contributed by atoms with E-state index in [0.717, 1.165) is 21.9 Å². The molecule has 2 N–H and O–H groups in total. The van der Waals surface area contributed by atoms with Crippen LogP contribution in [0.2, 0.25) is 0 Å². The fourth-order valence-electron chi connectivity index (χ4n) is 3.14. The Balaban J connectivity index is 1.45. The maximum Gasteiger partial charge on any atom is 0.160 e. The molecule has 1 aliphatic heterocycles. The first-order chi connectivity index (χ1) is 11.7. The highest BCUT2D eigenvalue weighted by Crippen LogP contribution is 2.24. The van der Waals surface area contributed by atoms with Gasteiger partial charge in [-0.05, 0) is 13.3 Å². The van der Waals surface area contributed by atoms with Gasteiger partial charge in [0.25, 0.3) is 0 Å². The molecule has 4 heterocycles. The molecule has 1 saturated heterocycles. The summed E-state index contributed by atoms with van der Waals surface area (Å²) >= 11 is 1.63. The Morgan fingerprint density at radius 1 is 1.46 bits per heavy atom. The quantitative estimate of drug-likeness (QED) is 0.736. The second-order valence-electron chi connectivity index (χ2n) is 6.01. The Labute approximate surface area is 142 Å².